The number of nitrogens with zero attached hydrogens (tertiary/aromatic N) is 1. The Hall–Kier alpha value is -0.690. The topological polar surface area (TPSA) is 57.2 Å². The third-order valence-corrected chi connectivity index (χ3v) is 2.37. The fourth-order valence-corrected chi connectivity index (χ4v) is 1.48. The summed E-state index contributed by atoms with van der Waals surface area (Å²) in [5.74, 6) is -0.198. The van der Waals surface area contributed by atoms with Crippen molar-refractivity contribution in [3.63, 3.8) is 0 Å². The Kier molecular flexibility index (Phi) is 7.91. The highest BCUT2D eigenvalue weighted by Crippen LogP contribution is 1.99. The van der Waals surface area contributed by atoms with E-state index in [9.17, 15) is 4.79 Å². The number of rotatable bonds is 8. The lowest BCUT2D eigenvalue weighted by Crippen LogP contribution is -2.37. The van der Waals surface area contributed by atoms with Crippen LogP contribution in [0, 0.1) is 0 Å². The minimum absolute atomic E-state index is 0.198. The molecule has 0 aromatic heterocycles. The van der Waals surface area contributed by atoms with Gasteiger partial charge in [0.1, 0.15) is 13.2 Å². The van der Waals surface area contributed by atoms with Crippen molar-refractivity contribution in [2.45, 2.75) is 13.3 Å². The number of ether oxygens (including phenoxy) is 2. The predicted octanol–water partition coefficient (Wildman–Crippen LogP) is 0.220. The maximum atomic E-state index is 11.3. The summed E-state index contributed by atoms with van der Waals surface area (Å²) in [6, 6.07) is 0. The Bertz CT molecular complexity index is 206. The van der Waals surface area contributed by atoms with Gasteiger partial charge in [-0.1, -0.05) is 0 Å². The SMILES string of the molecule is CCOOCCOC(=O)CCN1CCOCC1. The Morgan fingerprint density at radius 1 is 1.24 bits per heavy atom. The first kappa shape index (κ1) is 14.4. The molecular formula is C11H21NO5. The molecule has 0 amide bonds. The first-order valence-electron chi connectivity index (χ1n) is 6.03. The van der Waals surface area contributed by atoms with Crippen molar-refractivity contribution in [1.82, 2.24) is 4.90 Å². The van der Waals surface area contributed by atoms with Gasteiger partial charge in [-0.2, -0.15) is 0 Å². The molecule has 0 atom stereocenters. The summed E-state index contributed by atoms with van der Waals surface area (Å²) >= 11 is 0. The Morgan fingerprint density at radius 2 is 2.00 bits per heavy atom. The number of morpholine rings is 1. The number of hydrogen-bond donors (Lipinski definition) is 0. The zero-order valence-electron chi connectivity index (χ0n) is 10.4. The zero-order chi connectivity index (χ0) is 12.3. The maximum Gasteiger partial charge on any atom is 0.307 e. The molecule has 0 unspecified atom stereocenters. The second-order valence-corrected chi connectivity index (χ2v) is 3.65. The molecule has 0 aromatic rings. The standard InChI is InChI=1S/C11H21NO5/c1-2-16-17-10-9-15-11(13)3-4-12-5-7-14-8-6-12/h2-10H2,1H3. The quantitative estimate of drug-likeness (QED) is 0.265. The number of carbonyl (C=O) groups excluding carboxylic acids is 1. The lowest BCUT2D eigenvalue weighted by atomic mass is 10.3. The van der Waals surface area contributed by atoms with E-state index in [2.05, 4.69) is 9.79 Å². The van der Waals surface area contributed by atoms with Gasteiger partial charge in [-0.05, 0) is 6.92 Å². The molecule has 1 aliphatic heterocycles. The van der Waals surface area contributed by atoms with E-state index in [1.54, 1.807) is 0 Å². The van der Waals surface area contributed by atoms with Gasteiger partial charge in [0.2, 0.25) is 0 Å². The van der Waals surface area contributed by atoms with E-state index in [1.165, 1.54) is 0 Å². The molecule has 0 radical (unpaired) electrons. The summed E-state index contributed by atoms with van der Waals surface area (Å²) in [6.45, 7) is 6.84. The second kappa shape index (κ2) is 9.35. The third kappa shape index (κ3) is 7.27. The Morgan fingerprint density at radius 3 is 2.71 bits per heavy atom. The summed E-state index contributed by atoms with van der Waals surface area (Å²) in [6.07, 6.45) is 0.411. The van der Waals surface area contributed by atoms with Crippen LogP contribution in [0.1, 0.15) is 13.3 Å². The normalized spacial score (nSPS) is 17.0. The van der Waals surface area contributed by atoms with Crippen molar-refractivity contribution in [2.24, 2.45) is 0 Å². The summed E-state index contributed by atoms with van der Waals surface area (Å²) in [5.41, 5.74) is 0. The Labute approximate surface area is 102 Å². The molecule has 1 saturated heterocycles. The number of carbonyl (C=O) groups is 1. The molecule has 1 aliphatic rings. The van der Waals surface area contributed by atoms with Crippen molar-refractivity contribution in [1.29, 1.82) is 0 Å². The van der Waals surface area contributed by atoms with Crippen molar-refractivity contribution in [3.8, 4) is 0 Å². The first-order valence-corrected chi connectivity index (χ1v) is 6.03. The van der Waals surface area contributed by atoms with Crippen molar-refractivity contribution in [3.05, 3.63) is 0 Å². The molecule has 1 fully saturated rings. The maximum absolute atomic E-state index is 11.3. The molecule has 100 valence electrons. The van der Waals surface area contributed by atoms with Gasteiger partial charge >= 0.3 is 5.97 Å². The summed E-state index contributed by atoms with van der Waals surface area (Å²) < 4.78 is 10.2. The van der Waals surface area contributed by atoms with E-state index in [-0.39, 0.29) is 19.2 Å². The van der Waals surface area contributed by atoms with Gasteiger partial charge in [-0.3, -0.25) is 9.69 Å². The predicted molar refractivity (Wildman–Crippen MR) is 60.4 cm³/mol. The van der Waals surface area contributed by atoms with E-state index in [4.69, 9.17) is 14.4 Å². The smallest absolute Gasteiger partial charge is 0.307 e. The minimum atomic E-state index is -0.198. The molecular weight excluding hydrogens is 226 g/mol. The van der Waals surface area contributed by atoms with Gasteiger partial charge in [0.15, 0.2) is 0 Å². The molecule has 0 aromatic carbocycles. The van der Waals surface area contributed by atoms with Crippen LogP contribution in [0.3, 0.4) is 0 Å². The van der Waals surface area contributed by atoms with Gasteiger partial charge in [-0.25, -0.2) is 9.78 Å². The average Bonchev–Trinajstić information content (AvgIpc) is 2.37. The van der Waals surface area contributed by atoms with E-state index >= 15 is 0 Å². The molecule has 17 heavy (non-hydrogen) atoms. The third-order valence-electron chi connectivity index (χ3n) is 2.37. The first-order chi connectivity index (χ1) is 8.33. The van der Waals surface area contributed by atoms with Crippen LogP contribution in [0.5, 0.6) is 0 Å². The fraction of sp³-hybridized carbons (Fsp3) is 0.909. The van der Waals surface area contributed by atoms with Crippen LogP contribution in [-0.2, 0) is 24.0 Å². The van der Waals surface area contributed by atoms with Crippen molar-refractivity contribution < 1.29 is 24.0 Å². The van der Waals surface area contributed by atoms with Gasteiger partial charge in [0.05, 0.1) is 26.2 Å². The largest absolute Gasteiger partial charge is 0.463 e. The highest BCUT2D eigenvalue weighted by atomic mass is 17.2. The lowest BCUT2D eigenvalue weighted by molar-refractivity contribution is -0.294. The number of esters is 1. The highest BCUT2D eigenvalue weighted by Gasteiger charge is 2.12. The van der Waals surface area contributed by atoms with Crippen LogP contribution >= 0.6 is 0 Å². The minimum Gasteiger partial charge on any atom is -0.463 e. The van der Waals surface area contributed by atoms with E-state index in [1.807, 2.05) is 6.92 Å². The monoisotopic (exact) mass is 247 g/mol. The fourth-order valence-electron chi connectivity index (χ4n) is 1.48. The molecule has 6 nitrogen and oxygen atoms in total. The number of hydrogen-bond acceptors (Lipinski definition) is 6. The van der Waals surface area contributed by atoms with Crippen LogP contribution in [0.2, 0.25) is 0 Å². The van der Waals surface area contributed by atoms with E-state index in [0.29, 0.717) is 13.0 Å². The highest BCUT2D eigenvalue weighted by molar-refractivity contribution is 5.69. The molecule has 6 heteroatoms. The summed E-state index contributed by atoms with van der Waals surface area (Å²) in [5, 5.41) is 0. The molecule has 0 saturated carbocycles. The van der Waals surface area contributed by atoms with Crippen LogP contribution < -0.4 is 0 Å². The zero-order valence-corrected chi connectivity index (χ0v) is 10.4. The van der Waals surface area contributed by atoms with Crippen LogP contribution in [0.4, 0.5) is 0 Å². The molecule has 1 heterocycles. The lowest BCUT2D eigenvalue weighted by Gasteiger charge is -2.25. The summed E-state index contributed by atoms with van der Waals surface area (Å²) in [4.78, 5) is 22.9. The van der Waals surface area contributed by atoms with Gasteiger partial charge < -0.3 is 9.47 Å². The summed E-state index contributed by atoms with van der Waals surface area (Å²) in [7, 11) is 0. The van der Waals surface area contributed by atoms with Crippen LogP contribution in [0.25, 0.3) is 0 Å². The van der Waals surface area contributed by atoms with Gasteiger partial charge in [-0.15, -0.1) is 0 Å². The average molecular weight is 247 g/mol. The van der Waals surface area contributed by atoms with Gasteiger partial charge in [0, 0.05) is 19.6 Å². The van der Waals surface area contributed by atoms with Crippen LogP contribution in [0.15, 0.2) is 0 Å². The van der Waals surface area contributed by atoms with Gasteiger partial charge in [0.25, 0.3) is 0 Å². The molecule has 0 spiro atoms. The molecule has 0 aliphatic carbocycles. The van der Waals surface area contributed by atoms with Crippen LogP contribution in [-0.4, -0.2) is 63.5 Å². The van der Waals surface area contributed by atoms with Crippen molar-refractivity contribution >= 4 is 5.97 Å². The van der Waals surface area contributed by atoms with E-state index in [0.717, 1.165) is 32.8 Å². The second-order valence-electron chi connectivity index (χ2n) is 3.65. The molecule has 0 N–H and O–H groups in total. The Balaban J connectivity index is 1.93. The molecule has 0 bridgehead atoms. The van der Waals surface area contributed by atoms with E-state index < -0.39 is 0 Å². The van der Waals surface area contributed by atoms with Crippen molar-refractivity contribution in [2.75, 3.05) is 52.7 Å². The molecule has 1 rings (SSSR count).